The summed E-state index contributed by atoms with van der Waals surface area (Å²) >= 11 is 0. The minimum absolute atomic E-state index is 0.0271. The van der Waals surface area contributed by atoms with Crippen molar-refractivity contribution in [1.82, 2.24) is 15.5 Å². The fourth-order valence-corrected chi connectivity index (χ4v) is 2.68. The van der Waals surface area contributed by atoms with Gasteiger partial charge in [0.05, 0.1) is 19.7 Å². The number of hydrogen-bond donors (Lipinski definition) is 2. The quantitative estimate of drug-likeness (QED) is 0.782. The highest BCUT2D eigenvalue weighted by atomic mass is 16.5. The number of carbonyl (C=O) groups excluding carboxylic acids is 2. The number of piperazine rings is 1. The second-order valence-electron chi connectivity index (χ2n) is 5.29. The van der Waals surface area contributed by atoms with E-state index in [1.807, 2.05) is 35.2 Å². The van der Waals surface area contributed by atoms with Crippen LogP contribution in [0.15, 0.2) is 30.3 Å². The minimum Gasteiger partial charge on any atom is -0.370 e. The molecule has 2 saturated heterocycles. The maximum atomic E-state index is 12.5. The maximum Gasteiger partial charge on any atom is 0.241 e. The maximum absolute atomic E-state index is 12.5. The van der Waals surface area contributed by atoms with Crippen LogP contribution >= 0.6 is 0 Å². The molecule has 2 amide bonds. The zero-order valence-corrected chi connectivity index (χ0v) is 11.7. The first-order valence-corrected chi connectivity index (χ1v) is 7.19. The third-order valence-corrected chi connectivity index (χ3v) is 3.86. The van der Waals surface area contributed by atoms with Gasteiger partial charge in [0.2, 0.25) is 11.8 Å². The molecular formula is C15H19N3O3. The molecule has 0 radical (unpaired) electrons. The van der Waals surface area contributed by atoms with Gasteiger partial charge in [-0.25, -0.2) is 0 Å². The van der Waals surface area contributed by atoms with Crippen molar-refractivity contribution >= 4 is 11.8 Å². The lowest BCUT2D eigenvalue weighted by Gasteiger charge is -2.36. The molecule has 2 aliphatic rings. The van der Waals surface area contributed by atoms with E-state index in [1.54, 1.807) is 0 Å². The van der Waals surface area contributed by atoms with Crippen LogP contribution in [0.2, 0.25) is 0 Å². The lowest BCUT2D eigenvalue weighted by Crippen LogP contribution is -2.60. The number of amides is 2. The van der Waals surface area contributed by atoms with E-state index in [9.17, 15) is 9.59 Å². The van der Waals surface area contributed by atoms with Gasteiger partial charge in [0, 0.05) is 13.1 Å². The predicted octanol–water partition coefficient (Wildman–Crippen LogP) is -0.325. The first kappa shape index (κ1) is 14.0. The molecule has 112 valence electrons. The molecule has 1 aromatic carbocycles. The second kappa shape index (κ2) is 6.24. The van der Waals surface area contributed by atoms with Gasteiger partial charge in [-0.15, -0.1) is 0 Å². The Hall–Kier alpha value is -1.92. The summed E-state index contributed by atoms with van der Waals surface area (Å²) in [5.74, 6) is -0.0394. The Balaban J connectivity index is 1.63. The molecule has 2 heterocycles. The molecule has 2 unspecified atom stereocenters. The summed E-state index contributed by atoms with van der Waals surface area (Å²) in [7, 11) is 0. The zero-order chi connectivity index (χ0) is 14.7. The molecule has 2 N–H and O–H groups in total. The first-order chi connectivity index (χ1) is 10.2. The van der Waals surface area contributed by atoms with Crippen molar-refractivity contribution < 1.29 is 14.3 Å². The number of carbonyl (C=O) groups is 2. The summed E-state index contributed by atoms with van der Waals surface area (Å²) in [5, 5.41) is 5.69. The average Bonchev–Trinajstić information content (AvgIpc) is 2.56. The second-order valence-corrected chi connectivity index (χ2v) is 5.29. The molecule has 2 aliphatic heterocycles. The third kappa shape index (κ3) is 3.22. The molecule has 0 saturated carbocycles. The summed E-state index contributed by atoms with van der Waals surface area (Å²) in [6, 6.07) is 9.59. The fraction of sp³-hybridized carbons (Fsp3) is 0.467. The molecule has 0 aromatic heterocycles. The highest BCUT2D eigenvalue weighted by molar-refractivity contribution is 5.86. The van der Waals surface area contributed by atoms with Crippen LogP contribution in [0.5, 0.6) is 0 Å². The number of ether oxygens (including phenoxy) is 1. The zero-order valence-electron chi connectivity index (χ0n) is 11.7. The minimum atomic E-state index is -0.336. The molecular weight excluding hydrogens is 270 g/mol. The van der Waals surface area contributed by atoms with Crippen LogP contribution in [0.3, 0.4) is 0 Å². The summed E-state index contributed by atoms with van der Waals surface area (Å²) in [4.78, 5) is 25.4. The Morgan fingerprint density at radius 1 is 1.29 bits per heavy atom. The molecule has 6 nitrogen and oxygen atoms in total. The van der Waals surface area contributed by atoms with Gasteiger partial charge in [0.25, 0.3) is 0 Å². The van der Waals surface area contributed by atoms with Crippen LogP contribution in [0.1, 0.15) is 11.7 Å². The molecule has 21 heavy (non-hydrogen) atoms. The van der Waals surface area contributed by atoms with Crippen molar-refractivity contribution in [3.05, 3.63) is 35.9 Å². The number of morpholine rings is 1. The number of rotatable bonds is 2. The largest absolute Gasteiger partial charge is 0.370 e. The van der Waals surface area contributed by atoms with Gasteiger partial charge in [-0.05, 0) is 5.56 Å². The van der Waals surface area contributed by atoms with Gasteiger partial charge in [-0.2, -0.15) is 0 Å². The van der Waals surface area contributed by atoms with E-state index >= 15 is 0 Å². The summed E-state index contributed by atoms with van der Waals surface area (Å²) in [6.45, 7) is 2.22. The number of nitrogens with zero attached hydrogens (tertiary/aromatic N) is 1. The highest BCUT2D eigenvalue weighted by Crippen LogP contribution is 2.22. The SMILES string of the molecule is O=C1CNC(C(=O)N2CCOC(c3ccccc3)C2)CN1. The lowest BCUT2D eigenvalue weighted by molar-refractivity contribution is -0.142. The number of hydrogen-bond acceptors (Lipinski definition) is 4. The molecule has 2 fully saturated rings. The molecule has 0 spiro atoms. The Labute approximate surface area is 123 Å². The normalized spacial score (nSPS) is 26.3. The van der Waals surface area contributed by atoms with Gasteiger partial charge in [0.1, 0.15) is 12.1 Å². The summed E-state index contributed by atoms with van der Waals surface area (Å²) in [6.07, 6.45) is -0.0814. The smallest absolute Gasteiger partial charge is 0.241 e. The van der Waals surface area contributed by atoms with E-state index in [0.29, 0.717) is 26.2 Å². The van der Waals surface area contributed by atoms with Crippen LogP contribution in [0, 0.1) is 0 Å². The van der Waals surface area contributed by atoms with Gasteiger partial charge in [-0.1, -0.05) is 30.3 Å². The van der Waals surface area contributed by atoms with Gasteiger partial charge >= 0.3 is 0 Å². The predicted molar refractivity (Wildman–Crippen MR) is 76.5 cm³/mol. The Kier molecular flexibility index (Phi) is 4.17. The van der Waals surface area contributed by atoms with Crippen molar-refractivity contribution in [3.63, 3.8) is 0 Å². The molecule has 0 bridgehead atoms. The van der Waals surface area contributed by atoms with Crippen LogP contribution in [0.4, 0.5) is 0 Å². The highest BCUT2D eigenvalue weighted by Gasteiger charge is 2.31. The van der Waals surface area contributed by atoms with Crippen molar-refractivity contribution in [2.45, 2.75) is 12.1 Å². The third-order valence-electron chi connectivity index (χ3n) is 3.86. The van der Waals surface area contributed by atoms with Crippen molar-refractivity contribution in [3.8, 4) is 0 Å². The Morgan fingerprint density at radius 2 is 2.10 bits per heavy atom. The fourth-order valence-electron chi connectivity index (χ4n) is 2.68. The molecule has 0 aliphatic carbocycles. The van der Waals surface area contributed by atoms with E-state index in [4.69, 9.17) is 4.74 Å². The van der Waals surface area contributed by atoms with E-state index in [2.05, 4.69) is 10.6 Å². The van der Waals surface area contributed by atoms with Crippen molar-refractivity contribution in [1.29, 1.82) is 0 Å². The monoisotopic (exact) mass is 289 g/mol. The van der Waals surface area contributed by atoms with E-state index in [1.165, 1.54) is 0 Å². The van der Waals surface area contributed by atoms with Crippen LogP contribution < -0.4 is 10.6 Å². The standard InChI is InChI=1S/C15H19N3O3/c19-14-9-16-12(8-17-14)15(20)18-6-7-21-13(10-18)11-4-2-1-3-5-11/h1-5,12-13,16H,6-10H2,(H,17,19). The molecule has 6 heteroatoms. The average molecular weight is 289 g/mol. The molecule has 1 aromatic rings. The van der Waals surface area contributed by atoms with Crippen LogP contribution in [0.25, 0.3) is 0 Å². The summed E-state index contributed by atoms with van der Waals surface area (Å²) < 4.78 is 5.76. The molecule has 2 atom stereocenters. The van der Waals surface area contributed by atoms with Crippen molar-refractivity contribution in [2.75, 3.05) is 32.8 Å². The molecule has 3 rings (SSSR count). The van der Waals surface area contributed by atoms with E-state index in [0.717, 1.165) is 5.56 Å². The number of nitrogens with one attached hydrogen (secondary N) is 2. The van der Waals surface area contributed by atoms with Gasteiger partial charge in [-0.3, -0.25) is 14.9 Å². The van der Waals surface area contributed by atoms with E-state index < -0.39 is 0 Å². The lowest BCUT2D eigenvalue weighted by atomic mass is 10.1. The Morgan fingerprint density at radius 3 is 2.81 bits per heavy atom. The number of benzene rings is 1. The van der Waals surface area contributed by atoms with Crippen LogP contribution in [-0.4, -0.2) is 55.5 Å². The van der Waals surface area contributed by atoms with Crippen molar-refractivity contribution in [2.24, 2.45) is 0 Å². The first-order valence-electron chi connectivity index (χ1n) is 7.19. The van der Waals surface area contributed by atoms with Gasteiger partial charge in [0.15, 0.2) is 0 Å². The Bertz CT molecular complexity index is 510. The van der Waals surface area contributed by atoms with Crippen LogP contribution in [-0.2, 0) is 14.3 Å². The van der Waals surface area contributed by atoms with Gasteiger partial charge < -0.3 is 15.0 Å². The van der Waals surface area contributed by atoms with E-state index in [-0.39, 0.29) is 30.5 Å². The summed E-state index contributed by atoms with van der Waals surface area (Å²) in [5.41, 5.74) is 1.08. The topological polar surface area (TPSA) is 70.7 Å².